The van der Waals surface area contributed by atoms with Crippen molar-refractivity contribution in [3.63, 3.8) is 0 Å². The van der Waals surface area contributed by atoms with Crippen molar-refractivity contribution in [3.8, 4) is 5.75 Å². The van der Waals surface area contributed by atoms with E-state index in [2.05, 4.69) is 47.1 Å². The molecule has 0 spiro atoms. The van der Waals surface area contributed by atoms with Crippen LogP contribution in [0.1, 0.15) is 10.6 Å². The first kappa shape index (κ1) is 15.1. The van der Waals surface area contributed by atoms with Crippen LogP contribution in [-0.4, -0.2) is 23.0 Å². The Bertz CT molecular complexity index is 841. The van der Waals surface area contributed by atoms with Gasteiger partial charge in [0.25, 0.3) is 5.91 Å². The van der Waals surface area contributed by atoms with Crippen LogP contribution >= 0.6 is 31.9 Å². The second-order valence-electron chi connectivity index (χ2n) is 4.58. The molecule has 3 rings (SSSR count). The van der Waals surface area contributed by atoms with Crippen LogP contribution in [0, 0.1) is 0 Å². The topological polar surface area (TPSA) is 67.0 Å². The molecule has 0 aliphatic heterocycles. The maximum atomic E-state index is 12.3. The lowest BCUT2D eigenvalue weighted by molar-refractivity contribution is 0.101. The number of aromatic nitrogens is 2. The molecule has 2 aromatic carbocycles. The predicted octanol–water partition coefficient (Wildman–Crippen LogP) is 4.35. The van der Waals surface area contributed by atoms with Crippen molar-refractivity contribution in [1.82, 2.24) is 9.97 Å². The molecule has 0 bridgehead atoms. The van der Waals surface area contributed by atoms with E-state index in [1.165, 1.54) is 0 Å². The van der Waals surface area contributed by atoms with E-state index in [0.717, 1.165) is 14.5 Å². The van der Waals surface area contributed by atoms with Crippen LogP contribution in [0.15, 0.2) is 45.3 Å². The quantitative estimate of drug-likeness (QED) is 0.656. The monoisotopic (exact) mass is 423 g/mol. The molecule has 0 radical (unpaired) electrons. The molecule has 0 unspecified atom stereocenters. The number of carbonyl (C=O) groups excluding carboxylic acids is 1. The highest BCUT2D eigenvalue weighted by atomic mass is 79.9. The zero-order valence-corrected chi connectivity index (χ0v) is 14.7. The number of hydrogen-bond donors (Lipinski definition) is 2. The number of benzene rings is 2. The Hall–Kier alpha value is -1.86. The van der Waals surface area contributed by atoms with E-state index < -0.39 is 0 Å². The van der Waals surface area contributed by atoms with Crippen molar-refractivity contribution in [2.24, 2.45) is 0 Å². The molecule has 1 heterocycles. The third kappa shape index (κ3) is 3.15. The average Bonchev–Trinajstić information content (AvgIpc) is 2.89. The van der Waals surface area contributed by atoms with Crippen molar-refractivity contribution in [2.45, 2.75) is 0 Å². The summed E-state index contributed by atoms with van der Waals surface area (Å²) >= 11 is 6.77. The van der Waals surface area contributed by atoms with Gasteiger partial charge in [-0.3, -0.25) is 4.79 Å². The Morgan fingerprint density at radius 3 is 2.59 bits per heavy atom. The van der Waals surface area contributed by atoms with Crippen LogP contribution in [-0.2, 0) is 0 Å². The van der Waals surface area contributed by atoms with Crippen molar-refractivity contribution < 1.29 is 9.53 Å². The lowest BCUT2D eigenvalue weighted by Crippen LogP contribution is -2.13. The fourth-order valence-electron chi connectivity index (χ4n) is 2.04. The third-order valence-electron chi connectivity index (χ3n) is 3.03. The second-order valence-corrected chi connectivity index (χ2v) is 6.41. The average molecular weight is 425 g/mol. The van der Waals surface area contributed by atoms with Crippen LogP contribution in [0.4, 0.5) is 5.69 Å². The van der Waals surface area contributed by atoms with Crippen LogP contribution in [0.5, 0.6) is 5.75 Å². The van der Waals surface area contributed by atoms with Gasteiger partial charge in [0.15, 0.2) is 5.82 Å². The number of nitrogens with one attached hydrogen (secondary N) is 2. The van der Waals surface area contributed by atoms with E-state index in [1.807, 2.05) is 30.3 Å². The normalized spacial score (nSPS) is 10.7. The van der Waals surface area contributed by atoms with Gasteiger partial charge in [0.2, 0.25) is 0 Å². The summed E-state index contributed by atoms with van der Waals surface area (Å²) in [5, 5.41) is 2.81. The van der Waals surface area contributed by atoms with E-state index in [-0.39, 0.29) is 11.7 Å². The largest absolute Gasteiger partial charge is 0.497 e. The summed E-state index contributed by atoms with van der Waals surface area (Å²) in [6, 6.07) is 10.9. The molecule has 0 aliphatic carbocycles. The number of amides is 1. The highest BCUT2D eigenvalue weighted by Crippen LogP contribution is 2.24. The molecular weight excluding hydrogens is 414 g/mol. The summed E-state index contributed by atoms with van der Waals surface area (Å²) in [4.78, 5) is 19.6. The Balaban J connectivity index is 1.88. The smallest absolute Gasteiger partial charge is 0.291 e. The van der Waals surface area contributed by atoms with Crippen molar-refractivity contribution in [1.29, 1.82) is 0 Å². The lowest BCUT2D eigenvalue weighted by Gasteiger charge is -2.04. The van der Waals surface area contributed by atoms with Gasteiger partial charge in [-0.25, -0.2) is 4.98 Å². The van der Waals surface area contributed by atoms with Gasteiger partial charge in [0.1, 0.15) is 5.75 Å². The summed E-state index contributed by atoms with van der Waals surface area (Å²) in [6.45, 7) is 0. The highest BCUT2D eigenvalue weighted by molar-refractivity contribution is 9.11. The number of aromatic amines is 1. The van der Waals surface area contributed by atoms with Crippen LogP contribution < -0.4 is 10.1 Å². The summed E-state index contributed by atoms with van der Waals surface area (Å²) in [7, 11) is 1.59. The number of anilines is 1. The minimum absolute atomic E-state index is 0.249. The van der Waals surface area contributed by atoms with Gasteiger partial charge in [0, 0.05) is 20.7 Å². The molecule has 0 aliphatic rings. The Labute approximate surface area is 143 Å². The van der Waals surface area contributed by atoms with Gasteiger partial charge in [-0.1, -0.05) is 31.9 Å². The van der Waals surface area contributed by atoms with E-state index in [9.17, 15) is 4.79 Å². The molecule has 1 aromatic heterocycles. The number of hydrogen-bond acceptors (Lipinski definition) is 3. The zero-order valence-electron chi connectivity index (χ0n) is 11.5. The number of H-pyrrole nitrogens is 1. The number of imidazole rings is 1. The van der Waals surface area contributed by atoms with Crippen molar-refractivity contribution >= 4 is 54.5 Å². The van der Waals surface area contributed by atoms with Crippen molar-refractivity contribution in [3.05, 3.63) is 51.2 Å². The molecule has 1 amide bonds. The van der Waals surface area contributed by atoms with Crippen molar-refractivity contribution in [2.75, 3.05) is 12.4 Å². The molecular formula is C15H11Br2N3O2. The van der Waals surface area contributed by atoms with Gasteiger partial charge >= 0.3 is 0 Å². The first-order valence-corrected chi connectivity index (χ1v) is 7.95. The van der Waals surface area contributed by atoms with Gasteiger partial charge in [-0.05, 0) is 30.3 Å². The first-order valence-electron chi connectivity index (χ1n) is 6.36. The van der Waals surface area contributed by atoms with E-state index in [4.69, 9.17) is 4.74 Å². The van der Waals surface area contributed by atoms with Crippen LogP contribution in [0.3, 0.4) is 0 Å². The molecule has 7 heteroatoms. The Kier molecular flexibility index (Phi) is 4.17. The number of carbonyl (C=O) groups is 1. The van der Waals surface area contributed by atoms with Crippen LogP contribution in [0.2, 0.25) is 0 Å². The Morgan fingerprint density at radius 1 is 1.18 bits per heavy atom. The number of nitrogens with zero attached hydrogens (tertiary/aromatic N) is 1. The molecule has 0 saturated carbocycles. The fraction of sp³-hybridized carbons (Fsp3) is 0.0667. The number of ether oxygens (including phenoxy) is 1. The van der Waals surface area contributed by atoms with Gasteiger partial charge in [-0.15, -0.1) is 0 Å². The van der Waals surface area contributed by atoms with E-state index in [0.29, 0.717) is 17.0 Å². The number of rotatable bonds is 3. The van der Waals surface area contributed by atoms with Gasteiger partial charge in [-0.2, -0.15) is 0 Å². The standard InChI is InChI=1S/C15H11Br2N3O2/c1-22-11-2-3-12-13(7-11)20-14(19-12)15(21)18-10-5-8(16)4-9(17)6-10/h2-7H,1H3,(H,18,21)(H,19,20). The molecule has 3 aromatic rings. The molecule has 0 atom stereocenters. The minimum atomic E-state index is -0.305. The maximum absolute atomic E-state index is 12.3. The van der Waals surface area contributed by atoms with Gasteiger partial charge < -0.3 is 15.0 Å². The number of halogens is 2. The summed E-state index contributed by atoms with van der Waals surface area (Å²) in [6.07, 6.45) is 0. The number of fused-ring (bicyclic) bond motifs is 1. The summed E-state index contributed by atoms with van der Waals surface area (Å²) < 4.78 is 6.88. The first-order chi connectivity index (χ1) is 10.5. The van der Waals surface area contributed by atoms with Crippen LogP contribution in [0.25, 0.3) is 11.0 Å². The maximum Gasteiger partial charge on any atom is 0.291 e. The van der Waals surface area contributed by atoms with E-state index in [1.54, 1.807) is 13.2 Å². The molecule has 5 nitrogen and oxygen atoms in total. The highest BCUT2D eigenvalue weighted by Gasteiger charge is 2.12. The molecule has 22 heavy (non-hydrogen) atoms. The second kappa shape index (κ2) is 6.10. The summed E-state index contributed by atoms with van der Waals surface area (Å²) in [5.74, 6) is 0.640. The molecule has 112 valence electrons. The summed E-state index contributed by atoms with van der Waals surface area (Å²) in [5.41, 5.74) is 2.13. The Morgan fingerprint density at radius 2 is 1.91 bits per heavy atom. The van der Waals surface area contributed by atoms with E-state index >= 15 is 0 Å². The molecule has 0 saturated heterocycles. The lowest BCUT2D eigenvalue weighted by atomic mass is 10.3. The molecule has 0 fully saturated rings. The SMILES string of the molecule is COc1ccc2[nH]c(C(=O)Nc3cc(Br)cc(Br)c3)nc2c1. The fourth-order valence-corrected chi connectivity index (χ4v) is 3.33. The number of methoxy groups -OCH3 is 1. The minimum Gasteiger partial charge on any atom is -0.497 e. The van der Waals surface area contributed by atoms with Gasteiger partial charge in [0.05, 0.1) is 18.1 Å². The molecule has 2 N–H and O–H groups in total. The predicted molar refractivity (Wildman–Crippen MR) is 92.4 cm³/mol. The third-order valence-corrected chi connectivity index (χ3v) is 3.94. The zero-order chi connectivity index (χ0) is 15.7.